The molecule has 0 atom stereocenters. The van der Waals surface area contributed by atoms with E-state index in [0.717, 1.165) is 16.4 Å². The number of hydrogen-bond donors (Lipinski definition) is 1. The Balaban J connectivity index is 2.87. The molecule has 1 aromatic rings. The van der Waals surface area contributed by atoms with Gasteiger partial charge in [-0.05, 0) is 59.7 Å². The van der Waals surface area contributed by atoms with Crippen molar-refractivity contribution < 1.29 is 9.47 Å². The second-order valence-electron chi connectivity index (χ2n) is 6.06. The van der Waals surface area contributed by atoms with Crippen LogP contribution >= 0.6 is 12.6 Å². The first kappa shape index (κ1) is 14.2. The van der Waals surface area contributed by atoms with Crippen LogP contribution in [0.3, 0.4) is 0 Å². The molecule has 17 heavy (non-hydrogen) atoms. The summed E-state index contributed by atoms with van der Waals surface area (Å²) in [5, 5.41) is 0. The Bertz CT molecular complexity index is 386. The van der Waals surface area contributed by atoms with E-state index in [2.05, 4.69) is 12.6 Å². The molecular weight excluding hydrogens is 232 g/mol. The zero-order valence-corrected chi connectivity index (χ0v) is 12.4. The maximum Gasteiger partial charge on any atom is 0.133 e. The van der Waals surface area contributed by atoms with E-state index in [1.54, 1.807) is 0 Å². The summed E-state index contributed by atoms with van der Waals surface area (Å²) < 4.78 is 11.5. The van der Waals surface area contributed by atoms with Gasteiger partial charge in [0.05, 0.1) is 0 Å². The summed E-state index contributed by atoms with van der Waals surface area (Å²) in [5.74, 6) is 1.59. The lowest BCUT2D eigenvalue weighted by atomic mass is 10.2. The summed E-state index contributed by atoms with van der Waals surface area (Å²) in [7, 11) is 0. The molecule has 0 amide bonds. The van der Waals surface area contributed by atoms with E-state index in [9.17, 15) is 0 Å². The second-order valence-corrected chi connectivity index (χ2v) is 6.54. The van der Waals surface area contributed by atoms with Crippen LogP contribution in [0.5, 0.6) is 11.5 Å². The minimum Gasteiger partial charge on any atom is -0.488 e. The first-order valence-electron chi connectivity index (χ1n) is 5.78. The van der Waals surface area contributed by atoms with Crippen LogP contribution in [-0.4, -0.2) is 11.2 Å². The van der Waals surface area contributed by atoms with Gasteiger partial charge in [-0.1, -0.05) is 0 Å². The van der Waals surface area contributed by atoms with Crippen LogP contribution in [0.15, 0.2) is 23.1 Å². The zero-order chi connectivity index (χ0) is 13.3. The van der Waals surface area contributed by atoms with Crippen LogP contribution in [0.2, 0.25) is 0 Å². The van der Waals surface area contributed by atoms with Gasteiger partial charge in [0.25, 0.3) is 0 Å². The van der Waals surface area contributed by atoms with Gasteiger partial charge in [-0.3, -0.25) is 0 Å². The second kappa shape index (κ2) is 4.81. The molecule has 0 spiro atoms. The Morgan fingerprint density at radius 3 is 1.82 bits per heavy atom. The molecule has 0 radical (unpaired) electrons. The Morgan fingerprint density at radius 1 is 0.882 bits per heavy atom. The van der Waals surface area contributed by atoms with Crippen molar-refractivity contribution >= 4 is 12.6 Å². The normalized spacial score (nSPS) is 12.4. The van der Waals surface area contributed by atoms with Crippen molar-refractivity contribution in [3.05, 3.63) is 18.2 Å². The van der Waals surface area contributed by atoms with Crippen LogP contribution in [0.1, 0.15) is 41.5 Å². The molecule has 1 aromatic carbocycles. The molecule has 0 aliphatic carbocycles. The fraction of sp³-hybridized carbons (Fsp3) is 0.571. The van der Waals surface area contributed by atoms with Gasteiger partial charge < -0.3 is 9.47 Å². The Morgan fingerprint density at radius 2 is 1.41 bits per heavy atom. The zero-order valence-electron chi connectivity index (χ0n) is 11.5. The number of benzene rings is 1. The van der Waals surface area contributed by atoms with Gasteiger partial charge >= 0.3 is 0 Å². The minimum absolute atomic E-state index is 0.202. The minimum atomic E-state index is -0.218. The van der Waals surface area contributed by atoms with E-state index < -0.39 is 0 Å². The third kappa shape index (κ3) is 5.35. The average molecular weight is 254 g/mol. The van der Waals surface area contributed by atoms with Crippen LogP contribution in [0.25, 0.3) is 0 Å². The van der Waals surface area contributed by atoms with Gasteiger partial charge in [0.15, 0.2) is 0 Å². The van der Waals surface area contributed by atoms with Gasteiger partial charge in [0.2, 0.25) is 0 Å². The van der Waals surface area contributed by atoms with E-state index in [1.165, 1.54) is 0 Å². The topological polar surface area (TPSA) is 18.5 Å². The largest absolute Gasteiger partial charge is 0.488 e. The van der Waals surface area contributed by atoms with Crippen LogP contribution in [0, 0.1) is 0 Å². The van der Waals surface area contributed by atoms with E-state index in [1.807, 2.05) is 59.7 Å². The number of thiol groups is 1. The highest BCUT2D eigenvalue weighted by atomic mass is 32.1. The molecule has 0 heterocycles. The Labute approximate surface area is 110 Å². The van der Waals surface area contributed by atoms with E-state index in [-0.39, 0.29) is 11.2 Å². The molecule has 0 aliphatic rings. The highest BCUT2D eigenvalue weighted by Crippen LogP contribution is 2.31. The molecular formula is C14H22O2S. The Kier molecular flexibility index (Phi) is 4.03. The van der Waals surface area contributed by atoms with Gasteiger partial charge in [-0.2, -0.15) is 0 Å². The summed E-state index contributed by atoms with van der Waals surface area (Å²) in [6, 6.07) is 5.69. The molecule has 0 aromatic heterocycles. The molecule has 0 unspecified atom stereocenters. The van der Waals surface area contributed by atoms with Crippen LogP contribution in [-0.2, 0) is 0 Å². The summed E-state index contributed by atoms with van der Waals surface area (Å²) in [6.07, 6.45) is 0. The molecule has 1 rings (SSSR count). The SMILES string of the molecule is CC(C)(C)Oc1ccc(OC(C)(C)C)c(S)c1. The summed E-state index contributed by atoms with van der Waals surface area (Å²) >= 11 is 4.42. The standard InChI is InChI=1S/C14H22O2S/c1-13(2,3)15-10-7-8-11(12(17)9-10)16-14(4,5)6/h7-9,17H,1-6H3. The van der Waals surface area contributed by atoms with Gasteiger partial charge in [-0.25, -0.2) is 0 Å². The van der Waals surface area contributed by atoms with Crippen molar-refractivity contribution in [1.82, 2.24) is 0 Å². The third-order valence-corrected chi connectivity index (χ3v) is 2.12. The predicted octanol–water partition coefficient (Wildman–Crippen LogP) is 4.33. The lowest BCUT2D eigenvalue weighted by Gasteiger charge is -2.24. The fourth-order valence-electron chi connectivity index (χ4n) is 1.33. The molecule has 0 aliphatic heterocycles. The molecule has 0 bridgehead atoms. The summed E-state index contributed by atoms with van der Waals surface area (Å²) in [4.78, 5) is 0.793. The van der Waals surface area contributed by atoms with Crippen LogP contribution in [0.4, 0.5) is 0 Å². The number of rotatable bonds is 2. The fourth-order valence-corrected chi connectivity index (χ4v) is 1.58. The Hall–Kier alpha value is -0.830. The van der Waals surface area contributed by atoms with E-state index in [0.29, 0.717) is 0 Å². The first-order valence-corrected chi connectivity index (χ1v) is 6.23. The quantitative estimate of drug-likeness (QED) is 0.792. The van der Waals surface area contributed by atoms with Crippen LogP contribution < -0.4 is 9.47 Å². The van der Waals surface area contributed by atoms with Crippen molar-refractivity contribution in [2.45, 2.75) is 57.6 Å². The van der Waals surface area contributed by atoms with Gasteiger partial charge in [0, 0.05) is 4.90 Å². The van der Waals surface area contributed by atoms with Gasteiger partial charge in [0.1, 0.15) is 22.7 Å². The number of ether oxygens (including phenoxy) is 2. The first-order chi connectivity index (χ1) is 7.57. The smallest absolute Gasteiger partial charge is 0.133 e. The summed E-state index contributed by atoms with van der Waals surface area (Å²) in [6.45, 7) is 12.1. The van der Waals surface area contributed by atoms with Crippen molar-refractivity contribution in [3.8, 4) is 11.5 Å². The summed E-state index contributed by atoms with van der Waals surface area (Å²) in [5.41, 5.74) is -0.420. The molecule has 3 heteroatoms. The molecule has 0 N–H and O–H groups in total. The number of hydrogen-bond acceptors (Lipinski definition) is 3. The predicted molar refractivity (Wildman–Crippen MR) is 74.5 cm³/mol. The van der Waals surface area contributed by atoms with E-state index in [4.69, 9.17) is 9.47 Å². The van der Waals surface area contributed by atoms with Gasteiger partial charge in [-0.15, -0.1) is 12.6 Å². The lowest BCUT2D eigenvalue weighted by Crippen LogP contribution is -2.24. The molecule has 0 saturated heterocycles. The van der Waals surface area contributed by atoms with Crippen molar-refractivity contribution in [2.75, 3.05) is 0 Å². The molecule has 2 nitrogen and oxygen atoms in total. The van der Waals surface area contributed by atoms with E-state index >= 15 is 0 Å². The molecule has 0 fully saturated rings. The molecule has 96 valence electrons. The highest BCUT2D eigenvalue weighted by Gasteiger charge is 2.16. The maximum absolute atomic E-state index is 5.79. The maximum atomic E-state index is 5.79. The molecule has 0 saturated carbocycles. The monoisotopic (exact) mass is 254 g/mol. The van der Waals surface area contributed by atoms with Crippen molar-refractivity contribution in [2.24, 2.45) is 0 Å². The van der Waals surface area contributed by atoms with Crippen molar-refractivity contribution in [1.29, 1.82) is 0 Å². The third-order valence-electron chi connectivity index (χ3n) is 1.77. The lowest BCUT2D eigenvalue weighted by molar-refractivity contribution is 0.121. The average Bonchev–Trinajstić information content (AvgIpc) is 2.05. The highest BCUT2D eigenvalue weighted by molar-refractivity contribution is 7.80. The van der Waals surface area contributed by atoms with Crippen molar-refractivity contribution in [3.63, 3.8) is 0 Å².